The van der Waals surface area contributed by atoms with Gasteiger partial charge in [0, 0.05) is 19.3 Å². The summed E-state index contributed by atoms with van der Waals surface area (Å²) in [5.41, 5.74) is 0. The Morgan fingerprint density at radius 3 is 2.41 bits per heavy atom. The average molecular weight is 447 g/mol. The number of esters is 2. The molecule has 0 amide bonds. The molecule has 2 radical (unpaired) electrons. The SMILES string of the molecule is COC(=O)[C@H]1C[C@H]2[CH][C@H](OC(C)=O)[C@@H]1C2.[Cl-].[Hg+]. The molecule has 17 heavy (non-hydrogen) atoms. The van der Waals surface area contributed by atoms with Crippen LogP contribution in [0.3, 0.4) is 0 Å². The maximum absolute atomic E-state index is 11.5. The van der Waals surface area contributed by atoms with Gasteiger partial charge in [0.1, 0.15) is 6.10 Å². The average Bonchev–Trinajstić information content (AvgIpc) is 2.74. The van der Waals surface area contributed by atoms with Gasteiger partial charge < -0.3 is 21.9 Å². The molecule has 2 aliphatic rings. The molecule has 6 heteroatoms. The molecule has 0 aromatic rings. The molecule has 4 nitrogen and oxygen atoms in total. The van der Waals surface area contributed by atoms with Crippen molar-refractivity contribution in [2.75, 3.05) is 7.11 Å². The molecule has 2 rings (SSSR count). The van der Waals surface area contributed by atoms with E-state index in [1.165, 1.54) is 14.0 Å². The van der Waals surface area contributed by atoms with Gasteiger partial charge in [-0.2, -0.15) is 0 Å². The van der Waals surface area contributed by atoms with E-state index in [1.54, 1.807) is 0 Å². The molecule has 2 bridgehead atoms. The number of hydrogen-bond donors (Lipinski definition) is 0. The number of carbonyl (C=O) groups is 2. The fourth-order valence-electron chi connectivity index (χ4n) is 2.78. The van der Waals surface area contributed by atoms with Gasteiger partial charge >= 0.3 is 39.6 Å². The number of rotatable bonds is 2. The summed E-state index contributed by atoms with van der Waals surface area (Å²) in [5, 5.41) is 0. The van der Waals surface area contributed by atoms with E-state index in [0.717, 1.165) is 12.8 Å². The second-order valence-corrected chi connectivity index (χ2v) is 4.29. The van der Waals surface area contributed by atoms with Gasteiger partial charge in [0.05, 0.1) is 13.0 Å². The Balaban J connectivity index is 0.00000128. The third-order valence-corrected chi connectivity index (χ3v) is 3.34. The largest absolute Gasteiger partial charge is 1.00 e. The predicted octanol–water partition coefficient (Wildman–Crippen LogP) is -2.05. The van der Waals surface area contributed by atoms with Crippen LogP contribution in [-0.4, -0.2) is 25.2 Å². The number of hydrogen-bond acceptors (Lipinski definition) is 4. The van der Waals surface area contributed by atoms with Crippen molar-refractivity contribution in [2.24, 2.45) is 17.8 Å². The summed E-state index contributed by atoms with van der Waals surface area (Å²) in [7, 11) is 1.40. The van der Waals surface area contributed by atoms with E-state index < -0.39 is 0 Å². The Labute approximate surface area is 128 Å². The first-order chi connectivity index (χ1) is 7.11. The number of carbonyl (C=O) groups excluding carboxylic acids is 2. The molecule has 0 N–H and O–H groups in total. The molecular formula is C11H15ClHgO4. The molecule has 0 aromatic heterocycles. The molecule has 0 spiro atoms. The third kappa shape index (κ3) is 3.56. The van der Waals surface area contributed by atoms with Crippen LogP contribution in [0.5, 0.6) is 0 Å². The summed E-state index contributed by atoms with van der Waals surface area (Å²) in [5.74, 6) is -0.00989. The molecule has 0 saturated heterocycles. The molecule has 0 aromatic carbocycles. The van der Waals surface area contributed by atoms with Crippen molar-refractivity contribution in [2.45, 2.75) is 25.9 Å². The van der Waals surface area contributed by atoms with Gasteiger partial charge in [0.2, 0.25) is 0 Å². The Morgan fingerprint density at radius 1 is 1.29 bits per heavy atom. The van der Waals surface area contributed by atoms with Crippen LogP contribution in [0, 0.1) is 24.2 Å². The predicted molar refractivity (Wildman–Crippen MR) is 51.6 cm³/mol. The van der Waals surface area contributed by atoms with E-state index in [2.05, 4.69) is 0 Å². The zero-order chi connectivity index (χ0) is 11.0. The third-order valence-electron chi connectivity index (χ3n) is 3.34. The molecule has 2 aliphatic carbocycles. The molecular weight excluding hydrogens is 432 g/mol. The zero-order valence-corrected chi connectivity index (χ0v) is 16.3. The van der Waals surface area contributed by atoms with Gasteiger partial charge in [0.15, 0.2) is 0 Å². The molecule has 2 saturated carbocycles. The fraction of sp³-hybridized carbons (Fsp3) is 0.727. The number of methoxy groups -OCH3 is 1. The standard InChI is InChI=1S/C11H15O4.ClH.Hg/c1-6(12)15-10-5-7-3-8(10)9(4-7)11(13)14-2;;/h5,7-10H,3-4H2,1-2H3;1H;/q;;+1/p-1/t7-,8+,9-,10-;;/m0../s1. The van der Waals surface area contributed by atoms with E-state index in [0.29, 0.717) is 5.92 Å². The maximum Gasteiger partial charge on any atom is 1.00 e. The van der Waals surface area contributed by atoms with Crippen molar-refractivity contribution in [1.82, 2.24) is 0 Å². The molecule has 0 heterocycles. The van der Waals surface area contributed by atoms with Gasteiger partial charge in [-0.15, -0.1) is 0 Å². The van der Waals surface area contributed by atoms with E-state index in [4.69, 9.17) is 9.47 Å². The van der Waals surface area contributed by atoms with Crippen molar-refractivity contribution >= 4 is 11.9 Å². The van der Waals surface area contributed by atoms with Gasteiger partial charge in [-0.3, -0.25) is 9.59 Å². The van der Waals surface area contributed by atoms with Crippen LogP contribution >= 0.6 is 0 Å². The Bertz CT molecular complexity index is 297. The van der Waals surface area contributed by atoms with Gasteiger partial charge in [-0.1, -0.05) is 0 Å². The molecule has 0 unspecified atom stereocenters. The smallest absolute Gasteiger partial charge is 1.00 e. The second kappa shape index (κ2) is 6.93. The first kappa shape index (κ1) is 17.2. The van der Waals surface area contributed by atoms with Gasteiger partial charge in [-0.25, -0.2) is 0 Å². The summed E-state index contributed by atoms with van der Waals surface area (Å²) in [6.07, 6.45) is 3.64. The second-order valence-electron chi connectivity index (χ2n) is 4.29. The molecule has 0 aliphatic heterocycles. The summed E-state index contributed by atoms with van der Waals surface area (Å²) in [6, 6.07) is 0. The Kier molecular flexibility index (Phi) is 7.00. The molecule has 92 valence electrons. The first-order valence-corrected chi connectivity index (χ1v) is 5.22. The van der Waals surface area contributed by atoms with Crippen molar-refractivity contribution in [1.29, 1.82) is 0 Å². The topological polar surface area (TPSA) is 52.6 Å². The number of halogens is 1. The first-order valence-electron chi connectivity index (χ1n) is 5.22. The van der Waals surface area contributed by atoms with Crippen molar-refractivity contribution in [3.05, 3.63) is 6.42 Å². The minimum absolute atomic E-state index is 0. The number of ether oxygens (including phenoxy) is 2. The maximum atomic E-state index is 11.5. The summed E-state index contributed by atoms with van der Waals surface area (Å²) in [6.45, 7) is 1.40. The van der Waals surface area contributed by atoms with E-state index in [9.17, 15) is 9.59 Å². The van der Waals surface area contributed by atoms with E-state index in [-0.39, 0.29) is 70.0 Å². The summed E-state index contributed by atoms with van der Waals surface area (Å²) in [4.78, 5) is 22.3. The quantitative estimate of drug-likeness (QED) is 0.362. The van der Waals surface area contributed by atoms with Crippen molar-refractivity contribution in [3.63, 3.8) is 0 Å². The number of fused-ring (bicyclic) bond motifs is 2. The molecule has 2 fully saturated rings. The Morgan fingerprint density at radius 2 is 1.94 bits per heavy atom. The van der Waals surface area contributed by atoms with Crippen LogP contribution < -0.4 is 12.4 Å². The summed E-state index contributed by atoms with van der Waals surface area (Å²) >= 11 is 0. The van der Waals surface area contributed by atoms with Gasteiger partial charge in [-0.05, 0) is 18.8 Å². The van der Waals surface area contributed by atoms with Crippen LogP contribution in [0.25, 0.3) is 0 Å². The van der Waals surface area contributed by atoms with Crippen molar-refractivity contribution in [3.8, 4) is 0 Å². The van der Waals surface area contributed by atoms with Crippen molar-refractivity contribution < 1.29 is 59.1 Å². The minimum Gasteiger partial charge on any atom is -1.00 e. The van der Waals surface area contributed by atoms with Gasteiger partial charge in [0.25, 0.3) is 0 Å². The minimum atomic E-state index is -0.285. The Hall–Kier alpha value is 0.165. The summed E-state index contributed by atoms with van der Waals surface area (Å²) < 4.78 is 9.91. The fourth-order valence-corrected chi connectivity index (χ4v) is 2.78. The van der Waals surface area contributed by atoms with Crippen LogP contribution in [0.1, 0.15) is 19.8 Å². The van der Waals surface area contributed by atoms with E-state index >= 15 is 0 Å². The normalized spacial score (nSPS) is 33.3. The van der Waals surface area contributed by atoms with Crippen LogP contribution in [-0.2, 0) is 46.7 Å². The van der Waals surface area contributed by atoms with Crippen LogP contribution in [0.2, 0.25) is 0 Å². The monoisotopic (exact) mass is 448 g/mol. The molecule has 4 atom stereocenters. The zero-order valence-electron chi connectivity index (χ0n) is 10.0. The van der Waals surface area contributed by atoms with E-state index in [1.807, 2.05) is 6.42 Å². The van der Waals surface area contributed by atoms with Crippen LogP contribution in [0.4, 0.5) is 0 Å². The van der Waals surface area contributed by atoms with Crippen LogP contribution in [0.15, 0.2) is 0 Å².